The summed E-state index contributed by atoms with van der Waals surface area (Å²) in [5.41, 5.74) is 0.871. The van der Waals surface area contributed by atoms with E-state index in [1.165, 1.54) is 62.8 Å². The van der Waals surface area contributed by atoms with Gasteiger partial charge in [-0.2, -0.15) is 12.2 Å². The molecule has 0 spiro atoms. The van der Waals surface area contributed by atoms with Crippen molar-refractivity contribution in [1.29, 1.82) is 0 Å². The number of hydrogen-bond donors (Lipinski definition) is 2. The van der Waals surface area contributed by atoms with Gasteiger partial charge in [-0.1, -0.05) is 0 Å². The maximum Gasteiger partial charge on any atom is 2.00 e. The molecule has 2 aromatic rings. The molecule has 0 heterocycles. The molecule has 0 bridgehead atoms. The fourth-order valence-corrected chi connectivity index (χ4v) is 2.11. The first-order chi connectivity index (χ1) is 15.5. The number of carbonyl (C=O) groups excluding carboxylic acids is 2. The first kappa shape index (κ1) is 29.8. The number of aromatic hydroxyl groups is 2. The van der Waals surface area contributed by atoms with Crippen LogP contribution in [0.15, 0.2) is 85.0 Å². The molecule has 4 rings (SSSR count). The van der Waals surface area contributed by atoms with Crippen LogP contribution >= 0.6 is 0 Å². The molecule has 0 aliphatic heterocycles. The Morgan fingerprint density at radius 3 is 1.21 bits per heavy atom. The molecule has 7 heteroatoms. The van der Waals surface area contributed by atoms with Gasteiger partial charge in [0.05, 0.1) is 25.3 Å². The van der Waals surface area contributed by atoms with E-state index < -0.39 is 11.9 Å². The molecule has 33 heavy (non-hydrogen) atoms. The van der Waals surface area contributed by atoms with Gasteiger partial charge in [0.25, 0.3) is 0 Å². The van der Waals surface area contributed by atoms with Crippen LogP contribution in [-0.4, -0.2) is 36.4 Å². The number of phenolic OH excluding ortho intramolecular Hbond substituents is 2. The van der Waals surface area contributed by atoms with Gasteiger partial charge in [0.2, 0.25) is 0 Å². The van der Waals surface area contributed by atoms with E-state index in [0.717, 1.165) is 12.8 Å². The maximum absolute atomic E-state index is 10.8. The fourth-order valence-electron chi connectivity index (χ4n) is 2.11. The molecule has 0 saturated carbocycles. The van der Waals surface area contributed by atoms with Gasteiger partial charge < -0.3 is 19.7 Å². The van der Waals surface area contributed by atoms with Crippen LogP contribution in [0.5, 0.6) is 11.5 Å². The van der Waals surface area contributed by atoms with E-state index in [1.807, 2.05) is 24.3 Å². The third kappa shape index (κ3) is 13.8. The number of methoxy groups -OCH3 is 2. The van der Waals surface area contributed by atoms with Crippen LogP contribution in [0.3, 0.4) is 0 Å². The number of allylic oxidation sites excluding steroid dienone is 8. The van der Waals surface area contributed by atoms with Crippen molar-refractivity contribution in [3.63, 3.8) is 0 Å². The van der Waals surface area contributed by atoms with Crippen molar-refractivity contribution in [2.24, 2.45) is 0 Å². The van der Waals surface area contributed by atoms with Gasteiger partial charge in [0.1, 0.15) is 11.5 Å². The predicted octanol–water partition coefficient (Wildman–Crippen LogP) is 4.97. The molecule has 170 valence electrons. The molecule has 0 radical (unpaired) electrons. The van der Waals surface area contributed by atoms with Crippen molar-refractivity contribution < 1.29 is 55.5 Å². The summed E-state index contributed by atoms with van der Waals surface area (Å²) in [5, 5.41) is 17.7. The Kier molecular flexibility index (Phi) is 16.6. The quantitative estimate of drug-likeness (QED) is 0.425. The summed E-state index contributed by atoms with van der Waals surface area (Å²) in [6.45, 7) is 0. The second-order valence-corrected chi connectivity index (χ2v) is 6.08. The van der Waals surface area contributed by atoms with Crippen molar-refractivity contribution in [3.05, 3.63) is 108 Å². The Balaban J connectivity index is 0.000000434. The Morgan fingerprint density at radius 2 is 1.03 bits per heavy atom. The molecular weight excluding hydrogens is 500 g/mol. The smallest absolute Gasteiger partial charge is 0.508 e. The van der Waals surface area contributed by atoms with Gasteiger partial charge in [-0.25, -0.2) is 33.9 Å². The van der Waals surface area contributed by atoms with Crippen LogP contribution in [0, 0.1) is 12.2 Å². The van der Waals surface area contributed by atoms with Crippen LogP contribution < -0.4 is 0 Å². The van der Waals surface area contributed by atoms with Crippen molar-refractivity contribution >= 4 is 11.9 Å². The van der Waals surface area contributed by atoms with Gasteiger partial charge in [-0.05, 0) is 48.5 Å². The number of benzene rings is 2. The van der Waals surface area contributed by atoms with Crippen LogP contribution in [0.25, 0.3) is 0 Å². The molecule has 0 amide bonds. The average Bonchev–Trinajstić information content (AvgIpc) is 3.59. The molecule has 2 aliphatic carbocycles. The van der Waals surface area contributed by atoms with Crippen LogP contribution in [0.4, 0.5) is 0 Å². The Morgan fingerprint density at radius 1 is 0.697 bits per heavy atom. The zero-order chi connectivity index (χ0) is 23.6. The molecule has 2 aliphatic rings. The van der Waals surface area contributed by atoms with E-state index >= 15 is 0 Å². The zero-order valence-electron chi connectivity index (χ0n) is 18.5. The van der Waals surface area contributed by atoms with Crippen molar-refractivity contribution in [3.8, 4) is 11.5 Å². The molecule has 2 N–H and O–H groups in total. The normalized spacial score (nSPS) is 11.5. The fraction of sp³-hybridized carbons (Fsp3) is 0.154. The summed E-state index contributed by atoms with van der Waals surface area (Å²) >= 11 is 0. The van der Waals surface area contributed by atoms with E-state index in [-0.39, 0.29) is 37.7 Å². The van der Waals surface area contributed by atoms with Crippen LogP contribution in [0.1, 0.15) is 33.6 Å². The summed E-state index contributed by atoms with van der Waals surface area (Å²) in [7, 11) is 2.63. The second kappa shape index (κ2) is 18.4. The van der Waals surface area contributed by atoms with E-state index in [9.17, 15) is 9.59 Å². The summed E-state index contributed by atoms with van der Waals surface area (Å²) in [5.74, 6) is -0.523. The standard InChI is InChI=1S/2C8H8O3.2C5H5.Zr/c2*1-11-8(10)6-2-4-7(9)5-3-6;2*1-2-4-5-3-1;/h2*2-5,9H,1H3;2*1-3H,4H2;/q;;2*-1;+2. The predicted molar refractivity (Wildman–Crippen MR) is 122 cm³/mol. The summed E-state index contributed by atoms with van der Waals surface area (Å²) in [6, 6.07) is 11.8. The number of phenols is 2. The number of rotatable bonds is 2. The minimum absolute atomic E-state index is 0. The number of esters is 2. The van der Waals surface area contributed by atoms with Crippen molar-refractivity contribution in [1.82, 2.24) is 0 Å². The van der Waals surface area contributed by atoms with Gasteiger partial charge in [0.15, 0.2) is 0 Å². The molecular formula is C26H26O6Zr. The number of hydrogen-bond acceptors (Lipinski definition) is 6. The molecule has 6 nitrogen and oxygen atoms in total. The first-order valence-corrected chi connectivity index (χ1v) is 9.66. The molecule has 0 unspecified atom stereocenters. The van der Waals surface area contributed by atoms with Crippen LogP contribution in [0.2, 0.25) is 0 Å². The summed E-state index contributed by atoms with van der Waals surface area (Å²) in [6.07, 6.45) is 20.0. The summed E-state index contributed by atoms with van der Waals surface area (Å²) in [4.78, 5) is 21.6. The maximum atomic E-state index is 10.8. The van der Waals surface area contributed by atoms with Gasteiger partial charge in [-0.3, -0.25) is 12.2 Å². The minimum atomic E-state index is -0.398. The largest absolute Gasteiger partial charge is 2.00 e. The van der Waals surface area contributed by atoms with Gasteiger partial charge in [-0.15, -0.1) is 12.8 Å². The molecule has 2 aromatic carbocycles. The summed E-state index contributed by atoms with van der Waals surface area (Å²) < 4.78 is 8.91. The monoisotopic (exact) mass is 524 g/mol. The van der Waals surface area contributed by atoms with Gasteiger partial charge >= 0.3 is 38.1 Å². The Bertz CT molecular complexity index is 842. The van der Waals surface area contributed by atoms with Crippen LogP contribution in [-0.2, 0) is 35.7 Å². The molecule has 0 fully saturated rings. The Labute approximate surface area is 213 Å². The molecule has 0 aromatic heterocycles. The number of carbonyl (C=O) groups is 2. The third-order valence-corrected chi connectivity index (χ3v) is 3.75. The topological polar surface area (TPSA) is 93.1 Å². The SMILES string of the molecule is COC(=O)c1ccc(O)cc1.COC(=O)c1ccc(O)cc1.[C-]1=CC=CC1.[C-]1=CC=CC1.[Zr+2]. The molecule has 0 saturated heterocycles. The van der Waals surface area contributed by atoms with E-state index in [2.05, 4.69) is 33.8 Å². The van der Waals surface area contributed by atoms with E-state index in [0.29, 0.717) is 11.1 Å². The third-order valence-electron chi connectivity index (χ3n) is 3.75. The first-order valence-electron chi connectivity index (χ1n) is 9.66. The average molecular weight is 526 g/mol. The Hall–Kier alpha value is -3.18. The second-order valence-electron chi connectivity index (χ2n) is 6.08. The van der Waals surface area contributed by atoms with E-state index in [1.54, 1.807) is 0 Å². The van der Waals surface area contributed by atoms with Crippen molar-refractivity contribution in [2.45, 2.75) is 12.8 Å². The minimum Gasteiger partial charge on any atom is -0.508 e. The number of ether oxygens (including phenoxy) is 2. The van der Waals surface area contributed by atoms with Gasteiger partial charge in [0, 0.05) is 0 Å². The van der Waals surface area contributed by atoms with E-state index in [4.69, 9.17) is 10.2 Å². The zero-order valence-corrected chi connectivity index (χ0v) is 21.0. The molecule has 0 atom stereocenters. The van der Waals surface area contributed by atoms with Crippen molar-refractivity contribution in [2.75, 3.05) is 14.2 Å².